The number of aryl methyl sites for hydroxylation is 1. The summed E-state index contributed by atoms with van der Waals surface area (Å²) in [6.45, 7) is 2.29. The normalized spacial score (nSPS) is 16.6. The van der Waals surface area contributed by atoms with Crippen molar-refractivity contribution in [2.45, 2.75) is 31.7 Å². The Morgan fingerprint density at radius 1 is 1.30 bits per heavy atom. The van der Waals surface area contributed by atoms with Gasteiger partial charge in [0.25, 0.3) is 0 Å². The summed E-state index contributed by atoms with van der Waals surface area (Å²) < 4.78 is 0. The van der Waals surface area contributed by atoms with Crippen LogP contribution in [-0.4, -0.2) is 36.5 Å². The minimum Gasteiger partial charge on any atom is -0.353 e. The first kappa shape index (κ1) is 14.5. The Hall–Kier alpha value is -1.86. The molecule has 1 aromatic rings. The maximum atomic E-state index is 11.9. The lowest BCUT2D eigenvalue weighted by atomic mass is 10.0. The third-order valence-corrected chi connectivity index (χ3v) is 3.73. The van der Waals surface area contributed by atoms with E-state index in [1.54, 1.807) is 0 Å². The molecule has 0 aromatic heterocycles. The van der Waals surface area contributed by atoms with Gasteiger partial charge in [0.15, 0.2) is 0 Å². The SMILES string of the molecule is N#CCN1CCC(NC(=O)CCc2ccccc2)CC1. The molecule has 1 aromatic carbocycles. The molecular formula is C16H21N3O. The lowest BCUT2D eigenvalue weighted by Gasteiger charge is -2.30. The van der Waals surface area contributed by atoms with E-state index in [2.05, 4.69) is 16.3 Å². The van der Waals surface area contributed by atoms with Gasteiger partial charge in [0, 0.05) is 25.6 Å². The fourth-order valence-corrected chi connectivity index (χ4v) is 2.54. The highest BCUT2D eigenvalue weighted by molar-refractivity contribution is 5.76. The van der Waals surface area contributed by atoms with Crippen molar-refractivity contribution in [2.24, 2.45) is 0 Å². The van der Waals surface area contributed by atoms with Gasteiger partial charge in [0.1, 0.15) is 0 Å². The number of likely N-dealkylation sites (tertiary alicyclic amines) is 1. The quantitative estimate of drug-likeness (QED) is 0.830. The number of benzene rings is 1. The maximum Gasteiger partial charge on any atom is 0.220 e. The molecule has 0 atom stereocenters. The van der Waals surface area contributed by atoms with E-state index < -0.39 is 0 Å². The second-order valence-electron chi connectivity index (χ2n) is 5.26. The number of carbonyl (C=O) groups is 1. The van der Waals surface area contributed by atoms with Gasteiger partial charge in [-0.25, -0.2) is 0 Å². The number of nitriles is 1. The number of nitrogens with zero attached hydrogens (tertiary/aromatic N) is 2. The zero-order valence-electron chi connectivity index (χ0n) is 11.7. The first-order valence-corrected chi connectivity index (χ1v) is 7.20. The Kier molecular flexibility index (Phi) is 5.57. The van der Waals surface area contributed by atoms with E-state index in [0.717, 1.165) is 32.4 Å². The fourth-order valence-electron chi connectivity index (χ4n) is 2.54. The molecule has 1 heterocycles. The van der Waals surface area contributed by atoms with Gasteiger partial charge in [0.05, 0.1) is 12.6 Å². The van der Waals surface area contributed by atoms with Crippen LogP contribution in [0.1, 0.15) is 24.8 Å². The van der Waals surface area contributed by atoms with Crippen molar-refractivity contribution in [1.29, 1.82) is 5.26 Å². The molecule has 1 saturated heterocycles. The van der Waals surface area contributed by atoms with Gasteiger partial charge in [-0.3, -0.25) is 9.69 Å². The van der Waals surface area contributed by atoms with E-state index in [0.29, 0.717) is 13.0 Å². The van der Waals surface area contributed by atoms with Gasteiger partial charge in [-0.15, -0.1) is 0 Å². The van der Waals surface area contributed by atoms with Gasteiger partial charge in [-0.05, 0) is 24.8 Å². The van der Waals surface area contributed by atoms with E-state index in [1.165, 1.54) is 5.56 Å². The number of carbonyl (C=O) groups excluding carboxylic acids is 1. The van der Waals surface area contributed by atoms with Crippen LogP contribution in [0.15, 0.2) is 30.3 Å². The molecule has 1 aliphatic heterocycles. The number of amides is 1. The largest absolute Gasteiger partial charge is 0.353 e. The standard InChI is InChI=1S/C16H21N3O/c17-10-13-19-11-8-15(9-12-19)18-16(20)7-6-14-4-2-1-3-5-14/h1-5,15H,6-9,11-13H2,(H,18,20). The summed E-state index contributed by atoms with van der Waals surface area (Å²) in [5.41, 5.74) is 1.20. The number of hydrogen-bond donors (Lipinski definition) is 1. The Bertz CT molecular complexity index is 458. The zero-order valence-corrected chi connectivity index (χ0v) is 11.7. The van der Waals surface area contributed by atoms with Gasteiger partial charge in [-0.1, -0.05) is 30.3 Å². The lowest BCUT2D eigenvalue weighted by Crippen LogP contribution is -2.44. The predicted molar refractivity (Wildman–Crippen MR) is 78.0 cm³/mol. The van der Waals surface area contributed by atoms with Crippen LogP contribution in [0.2, 0.25) is 0 Å². The van der Waals surface area contributed by atoms with Crippen LogP contribution in [0.3, 0.4) is 0 Å². The Morgan fingerprint density at radius 2 is 2.00 bits per heavy atom. The average molecular weight is 271 g/mol. The Balaban J connectivity index is 1.67. The van der Waals surface area contributed by atoms with E-state index in [9.17, 15) is 4.79 Å². The highest BCUT2D eigenvalue weighted by atomic mass is 16.1. The molecule has 0 spiro atoms. The molecule has 0 unspecified atom stereocenters. The van der Waals surface area contributed by atoms with E-state index >= 15 is 0 Å². The van der Waals surface area contributed by atoms with Crippen molar-refractivity contribution < 1.29 is 4.79 Å². The molecule has 0 bridgehead atoms. The van der Waals surface area contributed by atoms with Crippen molar-refractivity contribution in [1.82, 2.24) is 10.2 Å². The highest BCUT2D eigenvalue weighted by Crippen LogP contribution is 2.10. The van der Waals surface area contributed by atoms with Crippen LogP contribution in [0.25, 0.3) is 0 Å². The minimum absolute atomic E-state index is 0.132. The predicted octanol–water partition coefficient (Wildman–Crippen LogP) is 1.72. The second-order valence-corrected chi connectivity index (χ2v) is 5.26. The summed E-state index contributed by atoms with van der Waals surface area (Å²) in [4.78, 5) is 14.0. The molecule has 1 amide bonds. The van der Waals surface area contributed by atoms with Crippen molar-refractivity contribution >= 4 is 5.91 Å². The molecule has 0 saturated carbocycles. The molecule has 1 N–H and O–H groups in total. The molecule has 20 heavy (non-hydrogen) atoms. The number of piperidine rings is 1. The first-order valence-electron chi connectivity index (χ1n) is 7.20. The summed E-state index contributed by atoms with van der Waals surface area (Å²) >= 11 is 0. The van der Waals surface area contributed by atoms with Gasteiger partial charge in [0.2, 0.25) is 5.91 Å². The van der Waals surface area contributed by atoms with Gasteiger partial charge >= 0.3 is 0 Å². The van der Waals surface area contributed by atoms with Crippen molar-refractivity contribution in [3.63, 3.8) is 0 Å². The van der Waals surface area contributed by atoms with Crippen molar-refractivity contribution in [2.75, 3.05) is 19.6 Å². The number of rotatable bonds is 5. The smallest absolute Gasteiger partial charge is 0.220 e. The molecule has 2 rings (SSSR count). The molecule has 106 valence electrons. The molecule has 1 fully saturated rings. The van der Waals surface area contributed by atoms with Crippen LogP contribution < -0.4 is 5.32 Å². The Labute approximate surface area is 120 Å². The van der Waals surface area contributed by atoms with Crippen LogP contribution in [0, 0.1) is 11.3 Å². The second kappa shape index (κ2) is 7.66. The van der Waals surface area contributed by atoms with E-state index in [-0.39, 0.29) is 11.9 Å². The average Bonchev–Trinajstić information content (AvgIpc) is 2.49. The van der Waals surface area contributed by atoms with Crippen molar-refractivity contribution in [3.8, 4) is 6.07 Å². The molecular weight excluding hydrogens is 250 g/mol. The van der Waals surface area contributed by atoms with Gasteiger partial charge < -0.3 is 5.32 Å². The van der Waals surface area contributed by atoms with Crippen LogP contribution >= 0.6 is 0 Å². The van der Waals surface area contributed by atoms with E-state index in [1.807, 2.05) is 30.3 Å². The molecule has 0 radical (unpaired) electrons. The minimum atomic E-state index is 0.132. The van der Waals surface area contributed by atoms with Crippen LogP contribution in [0.4, 0.5) is 0 Å². The summed E-state index contributed by atoms with van der Waals surface area (Å²) in [6, 6.07) is 12.5. The third kappa shape index (κ3) is 4.67. The summed E-state index contributed by atoms with van der Waals surface area (Å²) in [5, 5.41) is 11.7. The summed E-state index contributed by atoms with van der Waals surface area (Å²) in [7, 11) is 0. The topological polar surface area (TPSA) is 56.1 Å². The van der Waals surface area contributed by atoms with Crippen LogP contribution in [-0.2, 0) is 11.2 Å². The monoisotopic (exact) mass is 271 g/mol. The van der Waals surface area contributed by atoms with Crippen molar-refractivity contribution in [3.05, 3.63) is 35.9 Å². The fraction of sp³-hybridized carbons (Fsp3) is 0.500. The molecule has 4 heteroatoms. The number of nitrogens with one attached hydrogen (secondary N) is 1. The Morgan fingerprint density at radius 3 is 2.65 bits per heavy atom. The van der Waals surface area contributed by atoms with Gasteiger partial charge in [-0.2, -0.15) is 5.26 Å². The lowest BCUT2D eigenvalue weighted by molar-refractivity contribution is -0.122. The number of hydrogen-bond acceptors (Lipinski definition) is 3. The summed E-state index contributed by atoms with van der Waals surface area (Å²) in [5.74, 6) is 0.132. The molecule has 0 aliphatic carbocycles. The third-order valence-electron chi connectivity index (χ3n) is 3.73. The highest BCUT2D eigenvalue weighted by Gasteiger charge is 2.19. The zero-order chi connectivity index (χ0) is 14.2. The maximum absolute atomic E-state index is 11.9. The summed E-state index contributed by atoms with van der Waals surface area (Å²) in [6.07, 6.45) is 3.22. The molecule has 4 nitrogen and oxygen atoms in total. The van der Waals surface area contributed by atoms with Crippen LogP contribution in [0.5, 0.6) is 0 Å². The first-order chi connectivity index (χ1) is 9.78. The van der Waals surface area contributed by atoms with E-state index in [4.69, 9.17) is 5.26 Å². The molecule has 1 aliphatic rings.